The quantitative estimate of drug-likeness (QED) is 0.562. The average molecular weight is 175 g/mol. The highest BCUT2D eigenvalue weighted by Gasteiger charge is 2.01. The molecule has 0 spiro atoms. The molecule has 0 saturated heterocycles. The second kappa shape index (κ2) is 6.75. The van der Waals surface area contributed by atoms with Gasteiger partial charge < -0.3 is 9.47 Å². The van der Waals surface area contributed by atoms with Gasteiger partial charge in [-0.1, -0.05) is 0 Å². The summed E-state index contributed by atoms with van der Waals surface area (Å²) in [7, 11) is 1.54. The standard InChI is InChI=1S/C7H13NO4/c1-6(9)8-7(10)5-12-4-3-11-2/h3-5H2,1-2H3,(H,8,9,10). The van der Waals surface area contributed by atoms with Gasteiger partial charge in [0.25, 0.3) is 5.91 Å². The fourth-order valence-electron chi connectivity index (χ4n) is 0.540. The van der Waals surface area contributed by atoms with Crippen molar-refractivity contribution >= 4 is 11.8 Å². The molecular formula is C7H13NO4. The molecule has 5 heteroatoms. The molecular weight excluding hydrogens is 162 g/mol. The van der Waals surface area contributed by atoms with E-state index in [2.05, 4.69) is 10.1 Å². The number of carbonyl (C=O) groups is 2. The molecule has 0 aromatic rings. The van der Waals surface area contributed by atoms with Gasteiger partial charge in [0.1, 0.15) is 6.61 Å². The number of hydrogen-bond acceptors (Lipinski definition) is 4. The first kappa shape index (κ1) is 11.1. The second-order valence-electron chi connectivity index (χ2n) is 2.15. The van der Waals surface area contributed by atoms with Crippen LogP contribution in [0.3, 0.4) is 0 Å². The molecule has 5 nitrogen and oxygen atoms in total. The molecule has 0 radical (unpaired) electrons. The molecule has 0 bridgehead atoms. The van der Waals surface area contributed by atoms with E-state index >= 15 is 0 Å². The Morgan fingerprint density at radius 1 is 1.33 bits per heavy atom. The van der Waals surface area contributed by atoms with Gasteiger partial charge in [-0.15, -0.1) is 0 Å². The highest BCUT2D eigenvalue weighted by Crippen LogP contribution is 1.76. The van der Waals surface area contributed by atoms with Gasteiger partial charge in [-0.25, -0.2) is 0 Å². The topological polar surface area (TPSA) is 64.6 Å². The lowest BCUT2D eigenvalue weighted by Gasteiger charge is -2.02. The van der Waals surface area contributed by atoms with Crippen LogP contribution >= 0.6 is 0 Å². The average Bonchev–Trinajstić information content (AvgIpc) is 1.97. The molecule has 0 heterocycles. The summed E-state index contributed by atoms with van der Waals surface area (Å²) >= 11 is 0. The number of carbonyl (C=O) groups excluding carboxylic acids is 2. The Morgan fingerprint density at radius 2 is 2.00 bits per heavy atom. The van der Waals surface area contributed by atoms with Crippen LogP contribution in [-0.4, -0.2) is 38.7 Å². The minimum atomic E-state index is -0.432. The van der Waals surface area contributed by atoms with E-state index in [9.17, 15) is 9.59 Å². The minimum Gasteiger partial charge on any atom is -0.382 e. The summed E-state index contributed by atoms with van der Waals surface area (Å²) in [5, 5.41) is 2.08. The van der Waals surface area contributed by atoms with Gasteiger partial charge in [-0.2, -0.15) is 0 Å². The maximum atomic E-state index is 10.7. The number of nitrogens with one attached hydrogen (secondary N) is 1. The van der Waals surface area contributed by atoms with Crippen LogP contribution in [0.15, 0.2) is 0 Å². The number of imide groups is 1. The summed E-state index contributed by atoms with van der Waals surface area (Å²) in [6.07, 6.45) is 0. The lowest BCUT2D eigenvalue weighted by Crippen LogP contribution is -2.31. The molecule has 0 aliphatic carbocycles. The van der Waals surface area contributed by atoms with Crippen LogP contribution < -0.4 is 5.32 Å². The summed E-state index contributed by atoms with van der Waals surface area (Å²) in [5.74, 6) is -0.811. The fourth-order valence-corrected chi connectivity index (χ4v) is 0.540. The molecule has 0 rings (SSSR count). The SMILES string of the molecule is COCCOCC(=O)NC(C)=O. The van der Waals surface area contributed by atoms with Crippen LogP contribution in [0.4, 0.5) is 0 Å². The van der Waals surface area contributed by atoms with Crippen molar-refractivity contribution in [1.82, 2.24) is 5.32 Å². The summed E-state index contributed by atoms with van der Waals surface area (Å²) in [6.45, 7) is 1.95. The lowest BCUT2D eigenvalue weighted by molar-refractivity contribution is -0.132. The number of rotatable bonds is 5. The molecule has 0 aromatic heterocycles. The van der Waals surface area contributed by atoms with Crippen LogP contribution in [0.1, 0.15) is 6.92 Å². The van der Waals surface area contributed by atoms with E-state index in [-0.39, 0.29) is 12.5 Å². The zero-order valence-electron chi connectivity index (χ0n) is 7.25. The van der Waals surface area contributed by atoms with E-state index in [0.717, 1.165) is 0 Å². The molecule has 2 amide bonds. The maximum absolute atomic E-state index is 10.7. The van der Waals surface area contributed by atoms with Crippen LogP contribution in [0.2, 0.25) is 0 Å². The summed E-state index contributed by atoms with van der Waals surface area (Å²) in [4.78, 5) is 21.0. The van der Waals surface area contributed by atoms with Gasteiger partial charge in [0, 0.05) is 14.0 Å². The third-order valence-electron chi connectivity index (χ3n) is 0.980. The van der Waals surface area contributed by atoms with E-state index in [1.54, 1.807) is 7.11 Å². The van der Waals surface area contributed by atoms with Crippen molar-refractivity contribution in [3.05, 3.63) is 0 Å². The zero-order chi connectivity index (χ0) is 9.40. The Balaban J connectivity index is 3.26. The minimum absolute atomic E-state index is 0.108. The van der Waals surface area contributed by atoms with Crippen LogP contribution in [0.25, 0.3) is 0 Å². The molecule has 0 atom stereocenters. The van der Waals surface area contributed by atoms with Crippen molar-refractivity contribution in [3.8, 4) is 0 Å². The molecule has 12 heavy (non-hydrogen) atoms. The Kier molecular flexibility index (Phi) is 6.22. The third-order valence-corrected chi connectivity index (χ3v) is 0.980. The van der Waals surface area contributed by atoms with E-state index in [4.69, 9.17) is 4.74 Å². The first-order valence-corrected chi connectivity index (χ1v) is 3.54. The number of amides is 2. The molecule has 0 aromatic carbocycles. The molecule has 0 saturated carbocycles. The van der Waals surface area contributed by atoms with Crippen LogP contribution in [-0.2, 0) is 19.1 Å². The molecule has 0 aliphatic rings. The number of ether oxygens (including phenoxy) is 2. The first-order valence-electron chi connectivity index (χ1n) is 3.54. The van der Waals surface area contributed by atoms with Crippen molar-refractivity contribution in [2.45, 2.75) is 6.92 Å². The van der Waals surface area contributed by atoms with E-state index in [1.807, 2.05) is 0 Å². The number of hydrogen-bond donors (Lipinski definition) is 1. The monoisotopic (exact) mass is 175 g/mol. The Bertz CT molecular complexity index is 157. The van der Waals surface area contributed by atoms with Gasteiger partial charge in [0.2, 0.25) is 5.91 Å². The van der Waals surface area contributed by atoms with Gasteiger partial charge in [0.15, 0.2) is 0 Å². The summed E-state index contributed by atoms with van der Waals surface area (Å²) in [6, 6.07) is 0. The van der Waals surface area contributed by atoms with E-state index in [1.165, 1.54) is 6.92 Å². The predicted molar refractivity (Wildman–Crippen MR) is 41.5 cm³/mol. The van der Waals surface area contributed by atoms with Crippen molar-refractivity contribution in [3.63, 3.8) is 0 Å². The normalized spacial score (nSPS) is 9.50. The van der Waals surface area contributed by atoms with Crippen molar-refractivity contribution < 1.29 is 19.1 Å². The summed E-state index contributed by atoms with van der Waals surface area (Å²) in [5.41, 5.74) is 0. The maximum Gasteiger partial charge on any atom is 0.252 e. The third kappa shape index (κ3) is 7.17. The van der Waals surface area contributed by atoms with Crippen LogP contribution in [0.5, 0.6) is 0 Å². The van der Waals surface area contributed by atoms with Crippen molar-refractivity contribution in [2.24, 2.45) is 0 Å². The summed E-state index contributed by atoms with van der Waals surface area (Å²) < 4.78 is 9.53. The molecule has 0 unspecified atom stereocenters. The van der Waals surface area contributed by atoms with E-state index in [0.29, 0.717) is 13.2 Å². The molecule has 70 valence electrons. The molecule has 0 aliphatic heterocycles. The highest BCUT2D eigenvalue weighted by atomic mass is 16.5. The molecule has 0 fully saturated rings. The van der Waals surface area contributed by atoms with E-state index < -0.39 is 5.91 Å². The van der Waals surface area contributed by atoms with Gasteiger partial charge in [-0.05, 0) is 0 Å². The lowest BCUT2D eigenvalue weighted by atomic mass is 10.6. The first-order chi connectivity index (χ1) is 5.66. The predicted octanol–water partition coefficient (Wildman–Crippen LogP) is -0.688. The van der Waals surface area contributed by atoms with Crippen molar-refractivity contribution in [2.75, 3.05) is 26.9 Å². The van der Waals surface area contributed by atoms with Crippen LogP contribution in [0, 0.1) is 0 Å². The fraction of sp³-hybridized carbons (Fsp3) is 0.714. The molecule has 1 N–H and O–H groups in total. The van der Waals surface area contributed by atoms with Gasteiger partial charge in [0.05, 0.1) is 13.2 Å². The number of methoxy groups -OCH3 is 1. The van der Waals surface area contributed by atoms with Crippen molar-refractivity contribution in [1.29, 1.82) is 0 Å². The Labute approximate surface area is 71.0 Å². The largest absolute Gasteiger partial charge is 0.382 e. The van der Waals surface area contributed by atoms with Gasteiger partial charge in [-0.3, -0.25) is 14.9 Å². The highest BCUT2D eigenvalue weighted by molar-refractivity contribution is 5.94. The Morgan fingerprint density at radius 3 is 2.50 bits per heavy atom. The zero-order valence-corrected chi connectivity index (χ0v) is 7.25. The smallest absolute Gasteiger partial charge is 0.252 e. The van der Waals surface area contributed by atoms with Gasteiger partial charge >= 0.3 is 0 Å². The Hall–Kier alpha value is -0.940. The second-order valence-corrected chi connectivity index (χ2v) is 2.15.